The van der Waals surface area contributed by atoms with E-state index < -0.39 is 0 Å². The number of halogens is 1. The highest BCUT2D eigenvalue weighted by Crippen LogP contribution is 2.42. The summed E-state index contributed by atoms with van der Waals surface area (Å²) in [4.78, 5) is 5.30. The Balaban J connectivity index is 1.90. The number of fused-ring (bicyclic) bond motifs is 1. The van der Waals surface area contributed by atoms with Crippen molar-refractivity contribution in [1.29, 1.82) is 0 Å². The van der Waals surface area contributed by atoms with E-state index in [9.17, 15) is 0 Å². The number of hydrogen-bond donors (Lipinski definition) is 0. The minimum atomic E-state index is 0.0250. The Labute approximate surface area is 119 Å². The molecule has 0 aliphatic rings. The van der Waals surface area contributed by atoms with Gasteiger partial charge in [0.1, 0.15) is 0 Å². The molecule has 0 saturated carbocycles. The number of pyridine rings is 1. The first-order chi connectivity index (χ1) is 8.75. The molecule has 0 spiro atoms. The Hall–Kier alpha value is -0.900. The Bertz CT molecular complexity index is 615. The van der Waals surface area contributed by atoms with E-state index in [0.717, 1.165) is 0 Å². The Morgan fingerprint density at radius 2 is 1.94 bits per heavy atom. The van der Waals surface area contributed by atoms with Crippen LogP contribution in [0.25, 0.3) is 9.40 Å². The molecule has 0 aliphatic heterocycles. The van der Waals surface area contributed by atoms with E-state index in [4.69, 9.17) is 11.6 Å². The summed E-state index contributed by atoms with van der Waals surface area (Å²) in [7, 11) is 0. The quantitative estimate of drug-likeness (QED) is 0.586. The predicted molar refractivity (Wildman–Crippen MR) is 80.9 cm³/mol. The summed E-state index contributed by atoms with van der Waals surface area (Å²) in [5.74, 6) is 0.294. The molecule has 92 valence electrons. The standard InChI is InChI=1S/C14H12ClNS2/c1-9(10-2-5-16-6-3-10)14(15)13-8-12-11(18-13)4-7-17-12/h2-9,14H,1H3. The van der Waals surface area contributed by atoms with Gasteiger partial charge in [-0.2, -0.15) is 0 Å². The van der Waals surface area contributed by atoms with Crippen LogP contribution in [0.15, 0.2) is 42.0 Å². The van der Waals surface area contributed by atoms with E-state index >= 15 is 0 Å². The van der Waals surface area contributed by atoms with E-state index in [2.05, 4.69) is 29.4 Å². The van der Waals surface area contributed by atoms with Crippen LogP contribution in [0.5, 0.6) is 0 Å². The molecule has 0 fully saturated rings. The van der Waals surface area contributed by atoms with Gasteiger partial charge >= 0.3 is 0 Å². The van der Waals surface area contributed by atoms with Gasteiger partial charge in [0.05, 0.1) is 5.38 Å². The number of alkyl halides is 1. The second kappa shape index (κ2) is 5.00. The second-order valence-corrected chi connectivity index (χ2v) is 6.80. The topological polar surface area (TPSA) is 12.9 Å². The van der Waals surface area contributed by atoms with Crippen molar-refractivity contribution in [2.45, 2.75) is 18.2 Å². The Morgan fingerprint density at radius 3 is 2.67 bits per heavy atom. The average Bonchev–Trinajstić information content (AvgIpc) is 2.99. The molecule has 0 aromatic carbocycles. The van der Waals surface area contributed by atoms with Crippen LogP contribution in [0.2, 0.25) is 0 Å². The SMILES string of the molecule is CC(c1ccncc1)C(Cl)c1cc2sccc2s1. The van der Waals surface area contributed by atoms with Gasteiger partial charge in [-0.1, -0.05) is 6.92 Å². The molecule has 2 unspecified atom stereocenters. The van der Waals surface area contributed by atoms with Crippen molar-refractivity contribution in [3.8, 4) is 0 Å². The van der Waals surface area contributed by atoms with Crippen LogP contribution in [0.3, 0.4) is 0 Å². The van der Waals surface area contributed by atoms with E-state index in [0.29, 0.717) is 5.92 Å². The van der Waals surface area contributed by atoms with Gasteiger partial charge in [0, 0.05) is 32.6 Å². The van der Waals surface area contributed by atoms with Crippen LogP contribution in [0.4, 0.5) is 0 Å². The van der Waals surface area contributed by atoms with Crippen molar-refractivity contribution in [2.24, 2.45) is 0 Å². The molecular formula is C14H12ClNS2. The monoisotopic (exact) mass is 293 g/mol. The fourth-order valence-electron chi connectivity index (χ4n) is 2.00. The van der Waals surface area contributed by atoms with Gasteiger partial charge in [-0.25, -0.2) is 0 Å². The molecule has 1 nitrogen and oxygen atoms in total. The van der Waals surface area contributed by atoms with Gasteiger partial charge in [-0.05, 0) is 35.2 Å². The summed E-state index contributed by atoms with van der Waals surface area (Å²) in [6.45, 7) is 2.17. The molecule has 0 saturated heterocycles. The maximum absolute atomic E-state index is 6.61. The molecule has 18 heavy (non-hydrogen) atoms. The second-order valence-electron chi connectivity index (χ2n) is 4.27. The minimum Gasteiger partial charge on any atom is -0.265 e. The summed E-state index contributed by atoms with van der Waals surface area (Å²) in [6, 6.07) is 8.46. The lowest BCUT2D eigenvalue weighted by Gasteiger charge is -2.16. The molecule has 3 heterocycles. The van der Waals surface area contributed by atoms with Gasteiger partial charge < -0.3 is 0 Å². The summed E-state index contributed by atoms with van der Waals surface area (Å²) in [5, 5.41) is 2.15. The van der Waals surface area contributed by atoms with Gasteiger partial charge in [0.2, 0.25) is 0 Å². The molecule has 4 heteroatoms. The predicted octanol–water partition coefficient (Wildman–Crippen LogP) is 5.44. The summed E-state index contributed by atoms with van der Waals surface area (Å²) in [5.41, 5.74) is 1.24. The highest BCUT2D eigenvalue weighted by molar-refractivity contribution is 7.27. The van der Waals surface area contributed by atoms with Crippen molar-refractivity contribution in [3.05, 3.63) is 52.5 Å². The van der Waals surface area contributed by atoms with Gasteiger partial charge in [0.25, 0.3) is 0 Å². The smallest absolute Gasteiger partial charge is 0.0745 e. The third-order valence-corrected chi connectivity index (χ3v) is 6.02. The van der Waals surface area contributed by atoms with Gasteiger partial charge in [0.15, 0.2) is 0 Å². The molecule has 2 atom stereocenters. The lowest BCUT2D eigenvalue weighted by Crippen LogP contribution is -2.00. The molecule has 0 radical (unpaired) electrons. The first-order valence-electron chi connectivity index (χ1n) is 5.76. The summed E-state index contributed by atoms with van der Waals surface area (Å²) < 4.78 is 2.67. The zero-order chi connectivity index (χ0) is 12.5. The zero-order valence-corrected chi connectivity index (χ0v) is 12.2. The van der Waals surface area contributed by atoms with Crippen molar-refractivity contribution in [3.63, 3.8) is 0 Å². The largest absolute Gasteiger partial charge is 0.265 e. The molecule has 0 amide bonds. The molecule has 0 aliphatic carbocycles. The first kappa shape index (κ1) is 12.2. The number of rotatable bonds is 3. The van der Waals surface area contributed by atoms with Gasteiger partial charge in [-0.15, -0.1) is 34.3 Å². The molecule has 3 rings (SSSR count). The molecular weight excluding hydrogens is 282 g/mol. The summed E-state index contributed by atoms with van der Waals surface area (Å²) >= 11 is 10.2. The van der Waals surface area contributed by atoms with Crippen molar-refractivity contribution >= 4 is 43.7 Å². The maximum atomic E-state index is 6.61. The third-order valence-electron chi connectivity index (χ3n) is 3.10. The van der Waals surface area contributed by atoms with Crippen molar-refractivity contribution in [2.75, 3.05) is 0 Å². The molecule has 0 N–H and O–H groups in total. The van der Waals surface area contributed by atoms with Crippen LogP contribution in [0, 0.1) is 0 Å². The molecule has 3 aromatic heterocycles. The highest BCUT2D eigenvalue weighted by atomic mass is 35.5. The van der Waals surface area contributed by atoms with E-state index in [1.165, 1.54) is 19.8 Å². The Kier molecular flexibility index (Phi) is 3.37. The fourth-order valence-corrected chi connectivity index (χ4v) is 4.55. The number of aromatic nitrogens is 1. The minimum absolute atomic E-state index is 0.0250. The molecule has 3 aromatic rings. The van der Waals surface area contributed by atoms with Gasteiger partial charge in [-0.3, -0.25) is 4.98 Å². The van der Waals surface area contributed by atoms with Crippen LogP contribution in [0.1, 0.15) is 28.7 Å². The number of nitrogens with zero attached hydrogens (tertiary/aromatic N) is 1. The maximum Gasteiger partial charge on any atom is 0.0745 e. The van der Waals surface area contributed by atoms with E-state index in [1.54, 1.807) is 22.7 Å². The normalized spacial score (nSPS) is 14.8. The van der Waals surface area contributed by atoms with Crippen LogP contribution in [-0.4, -0.2) is 4.98 Å². The van der Waals surface area contributed by atoms with E-state index in [-0.39, 0.29) is 5.38 Å². The van der Waals surface area contributed by atoms with Crippen molar-refractivity contribution in [1.82, 2.24) is 4.98 Å². The van der Waals surface area contributed by atoms with Crippen molar-refractivity contribution < 1.29 is 0 Å². The lowest BCUT2D eigenvalue weighted by molar-refractivity contribution is 0.740. The third kappa shape index (κ3) is 2.18. The van der Waals surface area contributed by atoms with Crippen LogP contribution < -0.4 is 0 Å². The fraction of sp³-hybridized carbons (Fsp3) is 0.214. The lowest BCUT2D eigenvalue weighted by atomic mass is 9.98. The van der Waals surface area contributed by atoms with Crippen LogP contribution in [-0.2, 0) is 0 Å². The first-order valence-corrected chi connectivity index (χ1v) is 7.90. The Morgan fingerprint density at radius 1 is 1.17 bits per heavy atom. The van der Waals surface area contributed by atoms with Crippen LogP contribution >= 0.6 is 34.3 Å². The summed E-state index contributed by atoms with van der Waals surface area (Å²) in [6.07, 6.45) is 3.64. The number of thiophene rings is 2. The van der Waals surface area contributed by atoms with E-state index in [1.807, 2.05) is 24.5 Å². The highest BCUT2D eigenvalue weighted by Gasteiger charge is 2.20. The average molecular weight is 294 g/mol. The zero-order valence-electron chi connectivity index (χ0n) is 9.84. The molecule has 0 bridgehead atoms. The number of hydrogen-bond acceptors (Lipinski definition) is 3.